The van der Waals surface area contributed by atoms with E-state index < -0.39 is 14.1 Å². The van der Waals surface area contributed by atoms with E-state index in [0.717, 1.165) is 25.7 Å². The third-order valence-corrected chi connectivity index (χ3v) is 15.9. The minimum Gasteiger partial charge on any atom is -0.413 e. The first-order chi connectivity index (χ1) is 15.5. The van der Waals surface area contributed by atoms with Crippen LogP contribution in [0.25, 0.3) is 0 Å². The van der Waals surface area contributed by atoms with Crippen molar-refractivity contribution in [2.75, 3.05) is 0 Å². The molecule has 7 unspecified atom stereocenters. The van der Waals surface area contributed by atoms with Crippen LogP contribution in [-0.4, -0.2) is 44.0 Å². The van der Waals surface area contributed by atoms with E-state index in [0.29, 0.717) is 30.6 Å². The van der Waals surface area contributed by atoms with Crippen LogP contribution in [0.3, 0.4) is 0 Å². The highest BCUT2D eigenvalue weighted by Gasteiger charge is 2.69. The Hall–Kier alpha value is -0.563. The normalized spacial score (nSPS) is 48.2. The van der Waals surface area contributed by atoms with Crippen molar-refractivity contribution in [3.8, 4) is 0 Å². The molecule has 0 aromatic rings. The Labute approximate surface area is 207 Å². The average Bonchev–Trinajstić information content (AvgIpc) is 3.18. The van der Waals surface area contributed by atoms with E-state index in [1.54, 1.807) is 0 Å². The molecule has 9 atom stereocenters. The lowest BCUT2D eigenvalue weighted by Crippen LogP contribution is -2.64. The molecule has 0 aromatic carbocycles. The third-order valence-electron chi connectivity index (χ3n) is 11.4. The van der Waals surface area contributed by atoms with Crippen molar-refractivity contribution in [1.82, 2.24) is 0 Å². The Balaban J connectivity index is 1.51. The van der Waals surface area contributed by atoms with Gasteiger partial charge in [-0.2, -0.15) is 0 Å². The zero-order valence-corrected chi connectivity index (χ0v) is 23.8. The second-order valence-electron chi connectivity index (χ2n) is 14.7. The first-order valence-corrected chi connectivity index (χ1v) is 16.5. The first-order valence-electron chi connectivity index (χ1n) is 13.6. The maximum Gasteiger partial charge on any atom is 0.198 e. The number of ether oxygens (including phenoxy) is 2. The predicted molar refractivity (Wildman–Crippen MR) is 134 cm³/mol. The molecule has 5 fully saturated rings. The van der Waals surface area contributed by atoms with Gasteiger partial charge in [-0.05, 0) is 86.2 Å². The fourth-order valence-corrected chi connectivity index (χ4v) is 10.00. The van der Waals surface area contributed by atoms with Crippen molar-refractivity contribution in [2.24, 2.45) is 34.5 Å². The maximum absolute atomic E-state index is 12.7. The summed E-state index contributed by atoms with van der Waals surface area (Å²) in [4.78, 5) is 25.2. The Bertz CT molecular complexity index is 890. The molecule has 5 aliphatic rings. The summed E-state index contributed by atoms with van der Waals surface area (Å²) >= 11 is 0. The van der Waals surface area contributed by atoms with Crippen molar-refractivity contribution >= 4 is 19.9 Å². The van der Waals surface area contributed by atoms with Gasteiger partial charge in [0.05, 0.1) is 18.3 Å². The number of fused-ring (bicyclic) bond motifs is 8. The standard InChI is InChI=1S/C28H46O5Si/c1-25(2,3)34(8,9)33-21-11-10-16-22-17(12-13-27(16,21)6)28(7)15-20(30)19(29)14-18(28)23-24(22)32-26(4,5)31-23/h16-18,21-24H,10-15H2,1-9H3/t16?,17?,18?,21?,22?,23?,24?,27-,28+/m0/s1. The minimum atomic E-state index is -1.88. The van der Waals surface area contributed by atoms with E-state index in [1.165, 1.54) is 0 Å². The second kappa shape index (κ2) is 7.49. The molecule has 0 aromatic heterocycles. The molecule has 1 heterocycles. The molecule has 6 heteroatoms. The van der Waals surface area contributed by atoms with E-state index in [4.69, 9.17) is 13.9 Å². The van der Waals surface area contributed by atoms with Crippen molar-refractivity contribution in [3.05, 3.63) is 0 Å². The van der Waals surface area contributed by atoms with Crippen LogP contribution in [0.15, 0.2) is 0 Å². The Kier molecular flexibility index (Phi) is 5.53. The zero-order valence-electron chi connectivity index (χ0n) is 22.8. The van der Waals surface area contributed by atoms with Crippen LogP contribution in [0.4, 0.5) is 0 Å². The monoisotopic (exact) mass is 490 g/mol. The molecule has 0 N–H and O–H groups in total. The highest BCUT2D eigenvalue weighted by atomic mass is 28.4. The van der Waals surface area contributed by atoms with Gasteiger partial charge in [0.15, 0.2) is 25.7 Å². The van der Waals surface area contributed by atoms with E-state index in [-0.39, 0.29) is 51.7 Å². The minimum absolute atomic E-state index is 0.00433. The fourth-order valence-electron chi connectivity index (χ4n) is 8.55. The highest BCUT2D eigenvalue weighted by molar-refractivity contribution is 6.74. The van der Waals surface area contributed by atoms with Gasteiger partial charge in [0.1, 0.15) is 0 Å². The summed E-state index contributed by atoms with van der Waals surface area (Å²) in [5, 5.41) is 0.191. The van der Waals surface area contributed by atoms with Gasteiger partial charge in [-0.15, -0.1) is 0 Å². The van der Waals surface area contributed by atoms with E-state index in [2.05, 4.69) is 47.7 Å². The van der Waals surface area contributed by atoms with Crippen LogP contribution in [-0.2, 0) is 23.5 Å². The second-order valence-corrected chi connectivity index (χ2v) is 19.4. The molecular formula is C28H46O5Si. The molecular weight excluding hydrogens is 444 g/mol. The SMILES string of the molecule is CC1(C)OC2C(O1)C1CC(=O)C(=O)C[C@]1(C)C1CC[C@]3(C)C(O[Si](C)(C)C(C)(C)C)CCC3C21. The number of hydrogen-bond donors (Lipinski definition) is 0. The van der Waals surface area contributed by atoms with Crippen LogP contribution in [0.1, 0.15) is 87.0 Å². The molecule has 5 nitrogen and oxygen atoms in total. The van der Waals surface area contributed by atoms with Gasteiger partial charge in [-0.1, -0.05) is 34.6 Å². The Morgan fingerprint density at radius 3 is 2.12 bits per heavy atom. The Morgan fingerprint density at radius 1 is 0.853 bits per heavy atom. The van der Waals surface area contributed by atoms with Crippen LogP contribution < -0.4 is 0 Å². The first kappa shape index (κ1) is 25.1. The van der Waals surface area contributed by atoms with Crippen molar-refractivity contribution in [3.63, 3.8) is 0 Å². The van der Waals surface area contributed by atoms with Gasteiger partial charge in [0.2, 0.25) is 0 Å². The maximum atomic E-state index is 12.7. The lowest BCUT2D eigenvalue weighted by molar-refractivity contribution is -0.186. The third kappa shape index (κ3) is 3.48. The molecule has 0 amide bonds. The predicted octanol–water partition coefficient (Wildman–Crippen LogP) is 5.91. The molecule has 192 valence electrons. The summed E-state index contributed by atoms with van der Waals surface area (Å²) < 4.78 is 20.3. The topological polar surface area (TPSA) is 61.8 Å². The van der Waals surface area contributed by atoms with Gasteiger partial charge < -0.3 is 13.9 Å². The van der Waals surface area contributed by atoms with Crippen LogP contribution in [0.5, 0.6) is 0 Å². The molecule has 4 aliphatic carbocycles. The summed E-state index contributed by atoms with van der Waals surface area (Å²) in [7, 11) is -1.88. The van der Waals surface area contributed by atoms with E-state index in [9.17, 15) is 9.59 Å². The Morgan fingerprint density at radius 2 is 1.47 bits per heavy atom. The summed E-state index contributed by atoms with van der Waals surface area (Å²) in [5.74, 6) is 0.260. The molecule has 5 rings (SSSR count). The molecule has 4 saturated carbocycles. The number of carbonyl (C=O) groups excluding carboxylic acids is 2. The van der Waals surface area contributed by atoms with E-state index >= 15 is 0 Å². The highest BCUT2D eigenvalue weighted by Crippen LogP contribution is 2.68. The zero-order chi connectivity index (χ0) is 25.1. The van der Waals surface area contributed by atoms with E-state index in [1.807, 2.05) is 13.8 Å². The summed E-state index contributed by atoms with van der Waals surface area (Å²) in [6.07, 6.45) is 5.33. The largest absolute Gasteiger partial charge is 0.413 e. The van der Waals surface area contributed by atoms with Crippen LogP contribution in [0.2, 0.25) is 18.1 Å². The van der Waals surface area contributed by atoms with Gasteiger partial charge in [-0.3, -0.25) is 9.59 Å². The van der Waals surface area contributed by atoms with Gasteiger partial charge in [0, 0.05) is 18.8 Å². The smallest absolute Gasteiger partial charge is 0.198 e. The molecule has 34 heavy (non-hydrogen) atoms. The van der Waals surface area contributed by atoms with Gasteiger partial charge >= 0.3 is 0 Å². The number of rotatable bonds is 2. The fraction of sp³-hybridized carbons (Fsp3) is 0.929. The lowest BCUT2D eigenvalue weighted by atomic mass is 9.43. The molecule has 0 bridgehead atoms. The van der Waals surface area contributed by atoms with Gasteiger partial charge in [0.25, 0.3) is 0 Å². The molecule has 0 spiro atoms. The van der Waals surface area contributed by atoms with Crippen molar-refractivity contribution < 1.29 is 23.5 Å². The van der Waals surface area contributed by atoms with Crippen LogP contribution >= 0.6 is 0 Å². The number of carbonyl (C=O) groups is 2. The summed E-state index contributed by atoms with van der Waals surface area (Å²) in [6, 6.07) is 0. The summed E-state index contributed by atoms with van der Waals surface area (Å²) in [6.45, 7) is 20.5. The van der Waals surface area contributed by atoms with Crippen LogP contribution in [0, 0.1) is 34.5 Å². The van der Waals surface area contributed by atoms with Crippen molar-refractivity contribution in [1.29, 1.82) is 0 Å². The quantitative estimate of drug-likeness (QED) is 0.356. The lowest BCUT2D eigenvalue weighted by Gasteiger charge is -2.62. The number of Topliss-reactive ketones (excluding diaryl/α,β-unsaturated/α-hetero) is 2. The number of hydrogen-bond acceptors (Lipinski definition) is 5. The molecule has 0 radical (unpaired) electrons. The average molecular weight is 491 g/mol. The molecule has 1 saturated heterocycles. The summed E-state index contributed by atoms with van der Waals surface area (Å²) in [5.41, 5.74) is -0.0741. The van der Waals surface area contributed by atoms with Crippen molar-refractivity contribution in [2.45, 2.75) is 129 Å². The van der Waals surface area contributed by atoms with Gasteiger partial charge in [-0.25, -0.2) is 0 Å². The number of ketones is 2. The molecule has 1 aliphatic heterocycles.